The topological polar surface area (TPSA) is 57.6 Å². The first-order valence-electron chi connectivity index (χ1n) is 6.62. The standard InChI is InChI=1S/C15H15Cl2NO3/c16-12-5-3-10(8-13(12)17)4-6-14(19)18-7-1-2-11(9-18)15(20)21/h3-6,8,11H,1-2,7,9H2,(H,20,21)/b6-4+/t11-/m0/s1. The average molecular weight is 328 g/mol. The van der Waals surface area contributed by atoms with Gasteiger partial charge in [-0.15, -0.1) is 0 Å². The predicted octanol–water partition coefficient (Wildman–Crippen LogP) is 3.33. The van der Waals surface area contributed by atoms with Crippen LogP contribution in [-0.2, 0) is 9.59 Å². The summed E-state index contributed by atoms with van der Waals surface area (Å²) in [6.45, 7) is 0.855. The number of carbonyl (C=O) groups excluding carboxylic acids is 1. The van der Waals surface area contributed by atoms with Crippen LogP contribution < -0.4 is 0 Å². The Bertz CT molecular complexity index is 586. The van der Waals surface area contributed by atoms with Crippen LogP contribution in [0.15, 0.2) is 24.3 Å². The number of hydrogen-bond acceptors (Lipinski definition) is 2. The van der Waals surface area contributed by atoms with E-state index < -0.39 is 11.9 Å². The van der Waals surface area contributed by atoms with Gasteiger partial charge in [0, 0.05) is 19.2 Å². The highest BCUT2D eigenvalue weighted by Gasteiger charge is 2.27. The maximum Gasteiger partial charge on any atom is 0.308 e. The van der Waals surface area contributed by atoms with Gasteiger partial charge in [-0.05, 0) is 36.6 Å². The Morgan fingerprint density at radius 2 is 2.05 bits per heavy atom. The molecule has 1 saturated heterocycles. The van der Waals surface area contributed by atoms with E-state index in [1.165, 1.54) is 6.08 Å². The number of halogens is 2. The lowest BCUT2D eigenvalue weighted by molar-refractivity contribution is -0.144. The number of amides is 1. The molecule has 1 N–H and O–H groups in total. The maximum atomic E-state index is 12.1. The third kappa shape index (κ3) is 4.22. The molecule has 6 heteroatoms. The van der Waals surface area contributed by atoms with Gasteiger partial charge in [0.05, 0.1) is 16.0 Å². The van der Waals surface area contributed by atoms with Gasteiger partial charge in [0.1, 0.15) is 0 Å². The molecule has 21 heavy (non-hydrogen) atoms. The van der Waals surface area contributed by atoms with Gasteiger partial charge in [0.15, 0.2) is 0 Å². The summed E-state index contributed by atoms with van der Waals surface area (Å²) in [6, 6.07) is 5.09. The number of hydrogen-bond donors (Lipinski definition) is 1. The quantitative estimate of drug-likeness (QED) is 0.866. The van der Waals surface area contributed by atoms with Crippen LogP contribution in [0.4, 0.5) is 0 Å². The normalized spacial score (nSPS) is 19.0. The number of piperidine rings is 1. The number of rotatable bonds is 3. The van der Waals surface area contributed by atoms with E-state index in [2.05, 4.69) is 0 Å². The van der Waals surface area contributed by atoms with E-state index >= 15 is 0 Å². The lowest BCUT2D eigenvalue weighted by Gasteiger charge is -2.29. The van der Waals surface area contributed by atoms with Gasteiger partial charge < -0.3 is 10.0 Å². The molecule has 1 atom stereocenters. The molecular weight excluding hydrogens is 313 g/mol. The fraction of sp³-hybridized carbons (Fsp3) is 0.333. The molecule has 1 aliphatic heterocycles. The second kappa shape index (κ2) is 6.96. The maximum absolute atomic E-state index is 12.1. The van der Waals surface area contributed by atoms with Crippen LogP contribution in [0.2, 0.25) is 10.0 Å². The number of carboxylic acid groups (broad SMARTS) is 1. The summed E-state index contributed by atoms with van der Waals surface area (Å²) < 4.78 is 0. The molecule has 0 radical (unpaired) electrons. The number of carbonyl (C=O) groups is 2. The van der Waals surface area contributed by atoms with Crippen LogP contribution in [0.25, 0.3) is 6.08 Å². The first-order valence-corrected chi connectivity index (χ1v) is 7.38. The second-order valence-corrected chi connectivity index (χ2v) is 5.78. The molecule has 1 aromatic carbocycles. The minimum Gasteiger partial charge on any atom is -0.481 e. The Labute approximate surface area is 133 Å². The Balaban J connectivity index is 2.01. The molecular formula is C15H15Cl2NO3. The van der Waals surface area contributed by atoms with Crippen molar-refractivity contribution in [1.82, 2.24) is 4.90 Å². The molecule has 1 amide bonds. The summed E-state index contributed by atoms with van der Waals surface area (Å²) in [4.78, 5) is 24.6. The van der Waals surface area contributed by atoms with Gasteiger partial charge >= 0.3 is 5.97 Å². The van der Waals surface area contributed by atoms with E-state index in [0.29, 0.717) is 29.4 Å². The molecule has 0 saturated carbocycles. The summed E-state index contributed by atoms with van der Waals surface area (Å²) >= 11 is 11.7. The van der Waals surface area contributed by atoms with E-state index in [9.17, 15) is 9.59 Å². The molecule has 112 valence electrons. The molecule has 4 nitrogen and oxygen atoms in total. The second-order valence-electron chi connectivity index (χ2n) is 4.97. The molecule has 0 aromatic heterocycles. The molecule has 0 spiro atoms. The summed E-state index contributed by atoms with van der Waals surface area (Å²) in [5, 5.41) is 9.90. The zero-order valence-corrected chi connectivity index (χ0v) is 12.8. The predicted molar refractivity (Wildman–Crippen MR) is 82.4 cm³/mol. The van der Waals surface area contributed by atoms with Gasteiger partial charge in [0.25, 0.3) is 0 Å². The molecule has 1 aromatic rings. The van der Waals surface area contributed by atoms with Crippen LogP contribution in [0.1, 0.15) is 18.4 Å². The van der Waals surface area contributed by atoms with E-state index in [0.717, 1.165) is 5.56 Å². The lowest BCUT2D eigenvalue weighted by atomic mass is 9.98. The summed E-state index contributed by atoms with van der Waals surface area (Å²) in [5.74, 6) is -1.51. The SMILES string of the molecule is O=C(O)[C@H]1CCCN(C(=O)/C=C/c2ccc(Cl)c(Cl)c2)C1. The number of benzene rings is 1. The summed E-state index contributed by atoms with van der Waals surface area (Å²) in [6.07, 6.45) is 4.41. The highest BCUT2D eigenvalue weighted by molar-refractivity contribution is 6.42. The Kier molecular flexibility index (Phi) is 5.26. The third-order valence-corrected chi connectivity index (χ3v) is 4.18. The zero-order chi connectivity index (χ0) is 15.4. The van der Waals surface area contributed by atoms with Crippen molar-refractivity contribution in [2.75, 3.05) is 13.1 Å². The highest BCUT2D eigenvalue weighted by Crippen LogP contribution is 2.23. The third-order valence-electron chi connectivity index (χ3n) is 3.44. The van der Waals surface area contributed by atoms with Gasteiger partial charge in [-0.25, -0.2) is 0 Å². The molecule has 1 fully saturated rings. The van der Waals surface area contributed by atoms with Crippen LogP contribution >= 0.6 is 23.2 Å². The van der Waals surface area contributed by atoms with Crippen LogP contribution in [0.3, 0.4) is 0 Å². The van der Waals surface area contributed by atoms with Crippen molar-refractivity contribution in [2.24, 2.45) is 5.92 Å². The number of nitrogens with zero attached hydrogens (tertiary/aromatic N) is 1. The number of aliphatic carboxylic acids is 1. The number of carboxylic acids is 1. The van der Waals surface area contributed by atoms with Gasteiger partial charge in [-0.1, -0.05) is 29.3 Å². The largest absolute Gasteiger partial charge is 0.481 e. The minimum atomic E-state index is -0.846. The monoisotopic (exact) mass is 327 g/mol. The Morgan fingerprint density at radius 3 is 2.71 bits per heavy atom. The molecule has 0 aliphatic carbocycles. The van der Waals surface area contributed by atoms with Crippen molar-refractivity contribution in [3.8, 4) is 0 Å². The van der Waals surface area contributed by atoms with Crippen molar-refractivity contribution in [1.29, 1.82) is 0 Å². The molecule has 0 bridgehead atoms. The van der Waals surface area contributed by atoms with Gasteiger partial charge in [0.2, 0.25) is 5.91 Å². The first-order chi connectivity index (χ1) is 9.97. The Morgan fingerprint density at radius 1 is 1.29 bits per heavy atom. The van der Waals surface area contributed by atoms with Crippen molar-refractivity contribution in [3.63, 3.8) is 0 Å². The van der Waals surface area contributed by atoms with Crippen LogP contribution in [0, 0.1) is 5.92 Å². The molecule has 0 unspecified atom stereocenters. The van der Waals surface area contributed by atoms with Gasteiger partial charge in [-0.2, -0.15) is 0 Å². The van der Waals surface area contributed by atoms with Crippen molar-refractivity contribution in [2.45, 2.75) is 12.8 Å². The smallest absolute Gasteiger partial charge is 0.308 e. The van der Waals surface area contributed by atoms with E-state index in [-0.39, 0.29) is 12.5 Å². The van der Waals surface area contributed by atoms with Crippen molar-refractivity contribution >= 4 is 41.2 Å². The molecule has 1 aliphatic rings. The number of likely N-dealkylation sites (tertiary alicyclic amines) is 1. The minimum absolute atomic E-state index is 0.188. The van der Waals surface area contributed by atoms with Crippen LogP contribution in [-0.4, -0.2) is 35.0 Å². The molecule has 2 rings (SSSR count). The fourth-order valence-electron chi connectivity index (χ4n) is 2.27. The van der Waals surface area contributed by atoms with Crippen LogP contribution in [0.5, 0.6) is 0 Å². The molecule has 1 heterocycles. The summed E-state index contributed by atoms with van der Waals surface area (Å²) in [5.41, 5.74) is 0.768. The highest BCUT2D eigenvalue weighted by atomic mass is 35.5. The summed E-state index contributed by atoms with van der Waals surface area (Å²) in [7, 11) is 0. The van der Waals surface area contributed by atoms with Crippen molar-refractivity contribution < 1.29 is 14.7 Å². The zero-order valence-electron chi connectivity index (χ0n) is 11.3. The van der Waals surface area contributed by atoms with Crippen molar-refractivity contribution in [3.05, 3.63) is 39.9 Å². The fourth-order valence-corrected chi connectivity index (χ4v) is 2.57. The van der Waals surface area contributed by atoms with Gasteiger partial charge in [-0.3, -0.25) is 9.59 Å². The lowest BCUT2D eigenvalue weighted by Crippen LogP contribution is -2.41. The Hall–Kier alpha value is -1.52. The first kappa shape index (κ1) is 15.9. The average Bonchev–Trinajstić information content (AvgIpc) is 2.48. The van der Waals surface area contributed by atoms with E-state index in [1.807, 2.05) is 0 Å². The van der Waals surface area contributed by atoms with E-state index in [1.54, 1.807) is 29.2 Å². The van der Waals surface area contributed by atoms with E-state index in [4.69, 9.17) is 28.3 Å².